The average Bonchev–Trinajstić information content (AvgIpc) is 2.65. The number of pyridine rings is 1. The van der Waals surface area contributed by atoms with Crippen LogP contribution in [0, 0.1) is 0 Å². The molecule has 0 radical (unpaired) electrons. The van der Waals surface area contributed by atoms with Gasteiger partial charge in [0, 0.05) is 11.9 Å². The van der Waals surface area contributed by atoms with Gasteiger partial charge >= 0.3 is 12.1 Å². The van der Waals surface area contributed by atoms with E-state index in [9.17, 15) is 27.9 Å². The Morgan fingerprint density at radius 1 is 1.26 bits per heavy atom. The number of rotatable bonds is 6. The first-order valence-electron chi connectivity index (χ1n) is 7.65. The van der Waals surface area contributed by atoms with Gasteiger partial charge in [-0.15, -0.1) is 0 Å². The molecule has 1 aromatic heterocycles. The van der Waals surface area contributed by atoms with Gasteiger partial charge in [0.15, 0.2) is 6.04 Å². The molecule has 0 saturated carbocycles. The monoisotopic (exact) mass is 383 g/mol. The number of hydrogen-bond acceptors (Lipinski definition) is 6. The molecule has 0 saturated heterocycles. The number of halogens is 3. The predicted molar refractivity (Wildman–Crippen MR) is 89.3 cm³/mol. The third-order valence-electron chi connectivity index (χ3n) is 3.48. The Balaban J connectivity index is 2.26. The van der Waals surface area contributed by atoms with Crippen LogP contribution in [0.4, 0.5) is 24.7 Å². The fraction of sp³-hybridized carbons (Fsp3) is 0.235. The number of methoxy groups -OCH3 is 1. The van der Waals surface area contributed by atoms with Crippen molar-refractivity contribution in [2.75, 3.05) is 19.0 Å². The Kier molecular flexibility index (Phi) is 6.35. The van der Waals surface area contributed by atoms with E-state index < -0.39 is 36.3 Å². The molecule has 0 fully saturated rings. The summed E-state index contributed by atoms with van der Waals surface area (Å²) in [5.41, 5.74) is -0.818. The minimum Gasteiger partial charge on any atom is -0.467 e. The number of esters is 1. The number of aromatic nitrogens is 1. The second-order valence-electron chi connectivity index (χ2n) is 5.33. The average molecular weight is 383 g/mol. The van der Waals surface area contributed by atoms with Gasteiger partial charge in [0.1, 0.15) is 5.82 Å². The van der Waals surface area contributed by atoms with Gasteiger partial charge in [-0.05, 0) is 30.3 Å². The molecule has 0 aliphatic heterocycles. The molecule has 1 heterocycles. The topological polar surface area (TPSA) is 101 Å². The van der Waals surface area contributed by atoms with Gasteiger partial charge in [0.05, 0.1) is 24.8 Å². The molecule has 1 atom stereocenters. The summed E-state index contributed by atoms with van der Waals surface area (Å²) in [6.07, 6.45) is -3.17. The van der Waals surface area contributed by atoms with E-state index in [0.717, 1.165) is 19.2 Å². The summed E-state index contributed by atoms with van der Waals surface area (Å²) in [6, 6.07) is 5.91. The molecular formula is C17H16F3N3O4. The lowest BCUT2D eigenvalue weighted by Crippen LogP contribution is -2.44. The highest BCUT2D eigenvalue weighted by atomic mass is 19.4. The fourth-order valence-corrected chi connectivity index (χ4v) is 2.16. The van der Waals surface area contributed by atoms with Gasteiger partial charge in [-0.3, -0.25) is 4.79 Å². The Bertz CT molecular complexity index is 827. The Morgan fingerprint density at radius 3 is 2.63 bits per heavy atom. The second-order valence-corrected chi connectivity index (χ2v) is 5.33. The van der Waals surface area contributed by atoms with Gasteiger partial charge in [-0.25, -0.2) is 9.78 Å². The first-order chi connectivity index (χ1) is 12.8. The van der Waals surface area contributed by atoms with Crippen molar-refractivity contribution in [1.82, 2.24) is 10.3 Å². The molecule has 7 nitrogen and oxygen atoms in total. The normalized spacial score (nSPS) is 12.2. The minimum absolute atomic E-state index is 0.0177. The highest BCUT2D eigenvalue weighted by molar-refractivity contribution is 6.01. The molecule has 27 heavy (non-hydrogen) atoms. The van der Waals surface area contributed by atoms with Crippen LogP contribution < -0.4 is 10.6 Å². The van der Waals surface area contributed by atoms with E-state index in [0.29, 0.717) is 0 Å². The van der Waals surface area contributed by atoms with Crippen LogP contribution in [0.15, 0.2) is 42.6 Å². The van der Waals surface area contributed by atoms with Crippen molar-refractivity contribution in [1.29, 1.82) is 0 Å². The zero-order chi connectivity index (χ0) is 20.0. The molecule has 1 amide bonds. The molecule has 2 rings (SSSR count). The third kappa shape index (κ3) is 5.17. The maximum atomic E-state index is 12.8. The van der Waals surface area contributed by atoms with E-state index in [-0.39, 0.29) is 17.1 Å². The summed E-state index contributed by atoms with van der Waals surface area (Å²) in [4.78, 5) is 27.8. The van der Waals surface area contributed by atoms with Crippen molar-refractivity contribution >= 4 is 23.4 Å². The van der Waals surface area contributed by atoms with E-state index in [1.165, 1.54) is 30.5 Å². The van der Waals surface area contributed by atoms with Gasteiger partial charge in [0.2, 0.25) is 0 Å². The van der Waals surface area contributed by atoms with Gasteiger partial charge in [-0.2, -0.15) is 13.2 Å². The molecule has 144 valence electrons. The maximum absolute atomic E-state index is 12.8. The quantitative estimate of drug-likeness (QED) is 0.661. The molecule has 0 spiro atoms. The molecule has 1 aromatic carbocycles. The SMILES string of the molecule is COC(=O)C(CO)NC(=O)c1cccnc1Nc1cccc(C(F)(F)F)c1. The molecule has 0 aliphatic rings. The minimum atomic E-state index is -4.52. The summed E-state index contributed by atoms with van der Waals surface area (Å²) >= 11 is 0. The van der Waals surface area contributed by atoms with Crippen molar-refractivity contribution < 1.29 is 32.6 Å². The van der Waals surface area contributed by atoms with Crippen LogP contribution in [-0.2, 0) is 15.7 Å². The van der Waals surface area contributed by atoms with Crippen molar-refractivity contribution in [2.24, 2.45) is 0 Å². The number of carbonyl (C=O) groups excluding carboxylic acids is 2. The van der Waals surface area contributed by atoms with Gasteiger partial charge < -0.3 is 20.5 Å². The number of ether oxygens (including phenoxy) is 1. The third-order valence-corrected chi connectivity index (χ3v) is 3.48. The number of carbonyl (C=O) groups is 2. The largest absolute Gasteiger partial charge is 0.467 e. The number of aliphatic hydroxyl groups excluding tert-OH is 1. The van der Waals surface area contributed by atoms with Crippen molar-refractivity contribution in [3.63, 3.8) is 0 Å². The lowest BCUT2D eigenvalue weighted by Gasteiger charge is -2.16. The number of nitrogens with zero attached hydrogens (tertiary/aromatic N) is 1. The number of amides is 1. The van der Waals surface area contributed by atoms with Crippen LogP contribution in [0.3, 0.4) is 0 Å². The van der Waals surface area contributed by atoms with E-state index in [2.05, 4.69) is 20.4 Å². The van der Waals surface area contributed by atoms with Crippen molar-refractivity contribution in [3.8, 4) is 0 Å². The van der Waals surface area contributed by atoms with Crippen LogP contribution >= 0.6 is 0 Å². The Labute approximate surface area is 152 Å². The molecule has 1 unspecified atom stereocenters. The number of alkyl halides is 3. The number of anilines is 2. The van der Waals surface area contributed by atoms with Gasteiger partial charge in [0.25, 0.3) is 5.91 Å². The molecule has 3 N–H and O–H groups in total. The zero-order valence-electron chi connectivity index (χ0n) is 14.1. The molecule has 2 aromatic rings. The molecule has 0 bridgehead atoms. The van der Waals surface area contributed by atoms with Crippen LogP contribution in [0.2, 0.25) is 0 Å². The zero-order valence-corrected chi connectivity index (χ0v) is 14.1. The van der Waals surface area contributed by atoms with Crippen LogP contribution in [-0.4, -0.2) is 41.7 Å². The molecule has 0 aliphatic carbocycles. The summed E-state index contributed by atoms with van der Waals surface area (Å²) in [6.45, 7) is -0.685. The number of benzene rings is 1. The van der Waals surface area contributed by atoms with E-state index >= 15 is 0 Å². The summed E-state index contributed by atoms with van der Waals surface area (Å²) in [5, 5.41) is 14.1. The predicted octanol–water partition coefficient (Wildman–Crippen LogP) is 2.11. The molecule has 10 heteroatoms. The van der Waals surface area contributed by atoms with Crippen molar-refractivity contribution in [3.05, 3.63) is 53.7 Å². The van der Waals surface area contributed by atoms with Crippen LogP contribution in [0.5, 0.6) is 0 Å². The fourth-order valence-electron chi connectivity index (χ4n) is 2.16. The highest BCUT2D eigenvalue weighted by Crippen LogP contribution is 2.31. The molecular weight excluding hydrogens is 367 g/mol. The number of aliphatic hydroxyl groups is 1. The van der Waals surface area contributed by atoms with E-state index in [1.54, 1.807) is 0 Å². The lowest BCUT2D eigenvalue weighted by molar-refractivity contribution is -0.143. The summed E-state index contributed by atoms with van der Waals surface area (Å²) in [5.74, 6) is -1.62. The summed E-state index contributed by atoms with van der Waals surface area (Å²) < 4.78 is 43.0. The number of nitrogens with one attached hydrogen (secondary N) is 2. The highest BCUT2D eigenvalue weighted by Gasteiger charge is 2.30. The maximum Gasteiger partial charge on any atom is 0.416 e. The number of hydrogen-bond donors (Lipinski definition) is 3. The Hall–Kier alpha value is -3.14. The second kappa shape index (κ2) is 8.49. The first kappa shape index (κ1) is 20.2. The van der Waals surface area contributed by atoms with E-state index in [4.69, 9.17) is 0 Å². The van der Waals surface area contributed by atoms with E-state index in [1.807, 2.05) is 0 Å². The van der Waals surface area contributed by atoms with Crippen molar-refractivity contribution in [2.45, 2.75) is 12.2 Å². The Morgan fingerprint density at radius 2 is 2.00 bits per heavy atom. The standard InChI is InChI=1S/C17H16F3N3O4/c1-27-16(26)13(9-24)23-15(25)12-6-3-7-21-14(12)22-11-5-2-4-10(8-11)17(18,19)20/h2-8,13,24H,9H2,1H3,(H,21,22)(H,23,25). The smallest absolute Gasteiger partial charge is 0.416 e. The van der Waals surface area contributed by atoms with Crippen LogP contribution in [0.1, 0.15) is 15.9 Å². The van der Waals surface area contributed by atoms with Crippen LogP contribution in [0.25, 0.3) is 0 Å². The summed E-state index contributed by atoms with van der Waals surface area (Å²) in [7, 11) is 1.10. The van der Waals surface area contributed by atoms with Gasteiger partial charge in [-0.1, -0.05) is 6.07 Å². The first-order valence-corrected chi connectivity index (χ1v) is 7.65. The lowest BCUT2D eigenvalue weighted by atomic mass is 10.1.